The molecule has 1 aliphatic heterocycles. The van der Waals surface area contributed by atoms with Crippen LogP contribution in [0.1, 0.15) is 36.0 Å². The number of nitrogens with two attached hydrogens (primary N) is 1. The highest BCUT2D eigenvalue weighted by molar-refractivity contribution is 5.98. The van der Waals surface area contributed by atoms with Crippen LogP contribution in [0.3, 0.4) is 0 Å². The van der Waals surface area contributed by atoms with Crippen molar-refractivity contribution in [2.45, 2.75) is 31.2 Å². The van der Waals surface area contributed by atoms with Gasteiger partial charge < -0.3 is 15.4 Å². The van der Waals surface area contributed by atoms with Gasteiger partial charge in [0.05, 0.1) is 7.11 Å². The van der Waals surface area contributed by atoms with Crippen molar-refractivity contribution >= 4 is 11.9 Å². The average Bonchev–Trinajstić information content (AvgIpc) is 2.97. The van der Waals surface area contributed by atoms with Crippen molar-refractivity contribution in [3.05, 3.63) is 35.9 Å². The van der Waals surface area contributed by atoms with Gasteiger partial charge in [0.25, 0.3) is 5.91 Å². The van der Waals surface area contributed by atoms with Crippen LogP contribution in [0.25, 0.3) is 0 Å². The van der Waals surface area contributed by atoms with Gasteiger partial charge in [-0.05, 0) is 44.4 Å². The Morgan fingerprint density at radius 2 is 2.05 bits per heavy atom. The van der Waals surface area contributed by atoms with Crippen molar-refractivity contribution in [1.29, 1.82) is 0 Å². The number of nitrogens with zero attached hydrogens (tertiary/aromatic N) is 1. The summed E-state index contributed by atoms with van der Waals surface area (Å²) < 4.78 is 4.98. The number of methoxy groups -OCH3 is 1. The predicted molar refractivity (Wildman–Crippen MR) is 79.7 cm³/mol. The summed E-state index contributed by atoms with van der Waals surface area (Å²) in [6, 6.07) is 9.05. The van der Waals surface area contributed by atoms with Gasteiger partial charge in [0.2, 0.25) is 0 Å². The topological polar surface area (TPSA) is 72.6 Å². The smallest absolute Gasteiger partial charge is 0.331 e. The van der Waals surface area contributed by atoms with E-state index in [-0.39, 0.29) is 11.9 Å². The van der Waals surface area contributed by atoms with Gasteiger partial charge in [-0.2, -0.15) is 0 Å². The van der Waals surface area contributed by atoms with Gasteiger partial charge in [0.1, 0.15) is 5.54 Å². The monoisotopic (exact) mass is 290 g/mol. The largest absolute Gasteiger partial charge is 0.467 e. The van der Waals surface area contributed by atoms with E-state index >= 15 is 0 Å². The second-order valence-corrected chi connectivity index (χ2v) is 5.34. The molecule has 5 nitrogen and oxygen atoms in total. The third-order valence-electron chi connectivity index (χ3n) is 4.11. The summed E-state index contributed by atoms with van der Waals surface area (Å²) in [5.41, 5.74) is 5.32. The summed E-state index contributed by atoms with van der Waals surface area (Å²) in [7, 11) is 1.37. The fraction of sp³-hybridized carbons (Fsp3) is 0.500. The van der Waals surface area contributed by atoms with Crippen LogP contribution in [0.4, 0.5) is 0 Å². The van der Waals surface area contributed by atoms with Crippen LogP contribution >= 0.6 is 0 Å². The first-order valence-corrected chi connectivity index (χ1v) is 7.31. The maximum absolute atomic E-state index is 12.7. The Morgan fingerprint density at radius 3 is 2.67 bits per heavy atom. The Morgan fingerprint density at radius 1 is 1.33 bits per heavy atom. The second-order valence-electron chi connectivity index (χ2n) is 5.34. The number of rotatable bonds is 5. The first-order valence-electron chi connectivity index (χ1n) is 7.31. The molecule has 1 heterocycles. The van der Waals surface area contributed by atoms with E-state index < -0.39 is 5.54 Å². The molecule has 1 atom stereocenters. The van der Waals surface area contributed by atoms with Crippen molar-refractivity contribution in [3.63, 3.8) is 0 Å². The number of hydrogen-bond donors (Lipinski definition) is 1. The highest BCUT2D eigenvalue weighted by Gasteiger charge is 2.50. The molecule has 0 aromatic heterocycles. The Labute approximate surface area is 125 Å². The molecule has 1 fully saturated rings. The summed E-state index contributed by atoms with van der Waals surface area (Å²) >= 11 is 0. The van der Waals surface area contributed by atoms with Gasteiger partial charge in [-0.1, -0.05) is 18.2 Å². The molecule has 0 radical (unpaired) electrons. The van der Waals surface area contributed by atoms with E-state index in [4.69, 9.17) is 10.5 Å². The minimum atomic E-state index is -0.860. The van der Waals surface area contributed by atoms with Crippen LogP contribution in [-0.4, -0.2) is 42.5 Å². The Bertz CT molecular complexity index is 504. The summed E-state index contributed by atoms with van der Waals surface area (Å²) in [5.74, 6) is -0.451. The fourth-order valence-electron chi connectivity index (χ4n) is 3.07. The van der Waals surface area contributed by atoms with Crippen molar-refractivity contribution in [1.82, 2.24) is 4.90 Å². The molecule has 1 aliphatic rings. The van der Waals surface area contributed by atoms with Gasteiger partial charge in [-0.25, -0.2) is 4.79 Å². The quantitative estimate of drug-likeness (QED) is 0.836. The zero-order chi connectivity index (χ0) is 15.3. The molecule has 114 valence electrons. The molecule has 2 N–H and O–H groups in total. The van der Waals surface area contributed by atoms with Crippen LogP contribution in [0.5, 0.6) is 0 Å². The minimum absolute atomic E-state index is 0.115. The number of carbonyl (C=O) groups is 2. The lowest BCUT2D eigenvalue weighted by Crippen LogP contribution is -2.53. The number of amides is 1. The third-order valence-corrected chi connectivity index (χ3v) is 4.11. The number of likely N-dealkylation sites (tertiary alicyclic amines) is 1. The molecule has 2 rings (SSSR count). The average molecular weight is 290 g/mol. The predicted octanol–water partition coefficient (Wildman–Crippen LogP) is 1.57. The van der Waals surface area contributed by atoms with E-state index in [0.717, 1.165) is 6.42 Å². The van der Waals surface area contributed by atoms with Crippen LogP contribution in [0.15, 0.2) is 30.3 Å². The van der Waals surface area contributed by atoms with E-state index in [0.29, 0.717) is 37.9 Å². The van der Waals surface area contributed by atoms with E-state index in [2.05, 4.69) is 0 Å². The maximum atomic E-state index is 12.7. The molecule has 0 spiro atoms. The van der Waals surface area contributed by atoms with Crippen molar-refractivity contribution in [3.8, 4) is 0 Å². The van der Waals surface area contributed by atoms with Gasteiger partial charge in [-0.3, -0.25) is 4.79 Å². The van der Waals surface area contributed by atoms with E-state index in [1.807, 2.05) is 18.2 Å². The molecule has 21 heavy (non-hydrogen) atoms. The van der Waals surface area contributed by atoms with Gasteiger partial charge in [-0.15, -0.1) is 0 Å². The third kappa shape index (κ3) is 2.93. The molecule has 0 bridgehead atoms. The Kier molecular flexibility index (Phi) is 4.96. The molecular formula is C16H22N2O3. The number of esters is 1. The zero-order valence-corrected chi connectivity index (χ0v) is 12.4. The number of hydrogen-bond acceptors (Lipinski definition) is 4. The Hall–Kier alpha value is -1.88. The molecule has 1 aromatic rings. The van der Waals surface area contributed by atoms with Gasteiger partial charge in [0, 0.05) is 12.1 Å². The molecular weight excluding hydrogens is 268 g/mol. The number of carbonyl (C=O) groups excluding carboxylic acids is 2. The van der Waals surface area contributed by atoms with Gasteiger partial charge >= 0.3 is 5.97 Å². The van der Waals surface area contributed by atoms with Crippen LogP contribution in [0, 0.1) is 0 Å². The number of benzene rings is 1. The SMILES string of the molecule is COC(=O)C1(CCCN)CCCN1C(=O)c1ccccc1. The van der Waals surface area contributed by atoms with Crippen molar-refractivity contribution in [2.24, 2.45) is 5.73 Å². The highest BCUT2D eigenvalue weighted by Crippen LogP contribution is 2.36. The first kappa shape index (κ1) is 15.5. The number of ether oxygens (including phenoxy) is 1. The van der Waals surface area contributed by atoms with E-state index in [1.165, 1.54) is 7.11 Å². The molecule has 1 saturated heterocycles. The first-order chi connectivity index (χ1) is 10.2. The van der Waals surface area contributed by atoms with Crippen LogP contribution < -0.4 is 5.73 Å². The Balaban J connectivity index is 2.31. The van der Waals surface area contributed by atoms with Crippen LogP contribution in [-0.2, 0) is 9.53 Å². The van der Waals surface area contributed by atoms with E-state index in [1.54, 1.807) is 17.0 Å². The summed E-state index contributed by atoms with van der Waals surface area (Å²) in [4.78, 5) is 26.7. The molecule has 5 heteroatoms. The molecule has 0 saturated carbocycles. The summed E-state index contributed by atoms with van der Waals surface area (Å²) in [6.45, 7) is 1.07. The fourth-order valence-corrected chi connectivity index (χ4v) is 3.07. The normalized spacial score (nSPS) is 21.3. The maximum Gasteiger partial charge on any atom is 0.331 e. The second kappa shape index (κ2) is 6.72. The lowest BCUT2D eigenvalue weighted by atomic mass is 9.89. The lowest BCUT2D eigenvalue weighted by molar-refractivity contribution is -0.152. The zero-order valence-electron chi connectivity index (χ0n) is 12.4. The molecule has 1 aromatic carbocycles. The molecule has 1 unspecified atom stereocenters. The molecule has 0 aliphatic carbocycles. The van der Waals surface area contributed by atoms with E-state index in [9.17, 15) is 9.59 Å². The molecule has 1 amide bonds. The standard InChI is InChI=1S/C16H22N2O3/c1-21-15(20)16(9-5-11-17)10-6-12-18(16)14(19)13-7-3-2-4-8-13/h2-4,7-8H,5-6,9-12,17H2,1H3. The minimum Gasteiger partial charge on any atom is -0.467 e. The lowest BCUT2D eigenvalue weighted by Gasteiger charge is -2.36. The van der Waals surface area contributed by atoms with Crippen molar-refractivity contribution < 1.29 is 14.3 Å². The van der Waals surface area contributed by atoms with Crippen LogP contribution in [0.2, 0.25) is 0 Å². The summed E-state index contributed by atoms with van der Waals surface area (Å²) in [6.07, 6.45) is 2.68. The van der Waals surface area contributed by atoms with Gasteiger partial charge in [0.15, 0.2) is 0 Å². The summed E-state index contributed by atoms with van der Waals surface area (Å²) in [5, 5.41) is 0. The van der Waals surface area contributed by atoms with Crippen molar-refractivity contribution in [2.75, 3.05) is 20.2 Å². The highest BCUT2D eigenvalue weighted by atomic mass is 16.5.